The van der Waals surface area contributed by atoms with Crippen molar-refractivity contribution in [3.05, 3.63) is 23.9 Å². The fourth-order valence-electron chi connectivity index (χ4n) is 0.934. The SMILES string of the molecule is CCCNc1cc(C(N)=S)ccn1. The van der Waals surface area contributed by atoms with Crippen LogP contribution in [0.2, 0.25) is 0 Å². The highest BCUT2D eigenvalue weighted by molar-refractivity contribution is 7.80. The van der Waals surface area contributed by atoms with Crippen molar-refractivity contribution < 1.29 is 0 Å². The molecular weight excluding hydrogens is 182 g/mol. The van der Waals surface area contributed by atoms with Crippen molar-refractivity contribution in [2.75, 3.05) is 11.9 Å². The molecule has 0 unspecified atom stereocenters. The van der Waals surface area contributed by atoms with Crippen LogP contribution in [0, 0.1) is 0 Å². The van der Waals surface area contributed by atoms with Crippen molar-refractivity contribution in [3.8, 4) is 0 Å². The summed E-state index contributed by atoms with van der Waals surface area (Å²) in [5, 5.41) is 3.16. The van der Waals surface area contributed by atoms with E-state index in [0.29, 0.717) is 4.99 Å². The average molecular weight is 195 g/mol. The Morgan fingerprint density at radius 3 is 3.08 bits per heavy atom. The molecule has 0 saturated carbocycles. The highest BCUT2D eigenvalue weighted by atomic mass is 32.1. The van der Waals surface area contributed by atoms with Gasteiger partial charge in [0.25, 0.3) is 0 Å². The Hall–Kier alpha value is -1.16. The Morgan fingerprint density at radius 2 is 2.46 bits per heavy atom. The molecule has 0 radical (unpaired) electrons. The van der Waals surface area contributed by atoms with Crippen LogP contribution < -0.4 is 11.1 Å². The Labute approximate surface area is 83.4 Å². The van der Waals surface area contributed by atoms with Gasteiger partial charge in [0, 0.05) is 18.3 Å². The number of nitrogens with one attached hydrogen (secondary N) is 1. The summed E-state index contributed by atoms with van der Waals surface area (Å²) in [6, 6.07) is 3.66. The number of nitrogens with two attached hydrogens (primary N) is 1. The van der Waals surface area contributed by atoms with E-state index in [4.69, 9.17) is 18.0 Å². The second-order valence-corrected chi connectivity index (χ2v) is 3.16. The monoisotopic (exact) mass is 195 g/mol. The molecule has 0 amide bonds. The summed E-state index contributed by atoms with van der Waals surface area (Å²) in [7, 11) is 0. The van der Waals surface area contributed by atoms with Crippen molar-refractivity contribution in [2.24, 2.45) is 5.73 Å². The van der Waals surface area contributed by atoms with Crippen molar-refractivity contribution in [1.29, 1.82) is 0 Å². The predicted octanol–water partition coefficient (Wildman–Crippen LogP) is 1.54. The van der Waals surface area contributed by atoms with Crippen LogP contribution in [0.3, 0.4) is 0 Å². The quantitative estimate of drug-likeness (QED) is 0.715. The average Bonchev–Trinajstić information content (AvgIpc) is 2.15. The number of nitrogens with zero attached hydrogens (tertiary/aromatic N) is 1. The molecule has 1 aromatic rings. The molecule has 0 atom stereocenters. The van der Waals surface area contributed by atoms with E-state index in [1.54, 1.807) is 12.3 Å². The largest absolute Gasteiger partial charge is 0.389 e. The van der Waals surface area contributed by atoms with Crippen molar-refractivity contribution in [3.63, 3.8) is 0 Å². The number of rotatable bonds is 4. The third-order valence-electron chi connectivity index (χ3n) is 1.60. The molecule has 0 aliphatic carbocycles. The normalized spacial score (nSPS) is 9.62. The number of hydrogen-bond donors (Lipinski definition) is 2. The van der Waals surface area contributed by atoms with Gasteiger partial charge in [0.05, 0.1) is 0 Å². The van der Waals surface area contributed by atoms with E-state index >= 15 is 0 Å². The summed E-state index contributed by atoms with van der Waals surface area (Å²) in [6.07, 6.45) is 2.77. The molecule has 0 fully saturated rings. The maximum absolute atomic E-state index is 5.49. The van der Waals surface area contributed by atoms with Gasteiger partial charge < -0.3 is 11.1 Å². The third kappa shape index (κ3) is 2.99. The van der Waals surface area contributed by atoms with E-state index < -0.39 is 0 Å². The van der Waals surface area contributed by atoms with Crippen LogP contribution in [0.15, 0.2) is 18.3 Å². The Kier molecular flexibility index (Phi) is 3.64. The van der Waals surface area contributed by atoms with E-state index in [-0.39, 0.29) is 0 Å². The predicted molar refractivity (Wildman–Crippen MR) is 58.9 cm³/mol. The minimum atomic E-state index is 0.405. The molecule has 0 bridgehead atoms. The first kappa shape index (κ1) is 9.92. The molecule has 0 spiro atoms. The van der Waals surface area contributed by atoms with Crippen LogP contribution in [0.1, 0.15) is 18.9 Å². The first-order valence-corrected chi connectivity index (χ1v) is 4.64. The van der Waals surface area contributed by atoms with Gasteiger partial charge in [0.15, 0.2) is 0 Å². The molecule has 0 aliphatic rings. The van der Waals surface area contributed by atoms with Crippen molar-refractivity contribution >= 4 is 23.0 Å². The molecule has 0 aliphatic heterocycles. The van der Waals surface area contributed by atoms with Gasteiger partial charge in [-0.2, -0.15) is 0 Å². The van der Waals surface area contributed by atoms with Crippen molar-refractivity contribution in [1.82, 2.24) is 4.98 Å². The molecule has 4 heteroatoms. The third-order valence-corrected chi connectivity index (χ3v) is 1.84. The molecule has 3 nitrogen and oxygen atoms in total. The molecule has 1 rings (SSSR count). The molecule has 3 N–H and O–H groups in total. The van der Waals surface area contributed by atoms with Gasteiger partial charge in [-0.15, -0.1) is 0 Å². The first-order chi connectivity index (χ1) is 6.24. The summed E-state index contributed by atoms with van der Waals surface area (Å²) >= 11 is 4.86. The van der Waals surface area contributed by atoms with Crippen LogP contribution in [-0.4, -0.2) is 16.5 Å². The summed E-state index contributed by atoms with van der Waals surface area (Å²) in [5.41, 5.74) is 6.34. The molecule has 13 heavy (non-hydrogen) atoms. The molecule has 1 aromatic heterocycles. The Bertz CT molecular complexity index is 299. The zero-order chi connectivity index (χ0) is 9.68. The van der Waals surface area contributed by atoms with Gasteiger partial charge in [-0.25, -0.2) is 4.98 Å². The van der Waals surface area contributed by atoms with Gasteiger partial charge in [-0.05, 0) is 18.6 Å². The topological polar surface area (TPSA) is 50.9 Å². The number of thiocarbonyl (C=S) groups is 1. The lowest BCUT2D eigenvalue weighted by Gasteiger charge is -2.04. The zero-order valence-electron chi connectivity index (χ0n) is 7.58. The molecule has 1 heterocycles. The first-order valence-electron chi connectivity index (χ1n) is 4.23. The molecule has 0 saturated heterocycles. The zero-order valence-corrected chi connectivity index (χ0v) is 8.40. The summed E-state index contributed by atoms with van der Waals surface area (Å²) in [6.45, 7) is 3.01. The summed E-state index contributed by atoms with van der Waals surface area (Å²) in [5.74, 6) is 0.826. The maximum Gasteiger partial charge on any atom is 0.126 e. The fourth-order valence-corrected chi connectivity index (χ4v) is 1.06. The standard InChI is InChI=1S/C9H13N3S/c1-2-4-11-8-6-7(9(10)13)3-5-12-8/h3,5-6H,2,4H2,1H3,(H2,10,13)(H,11,12). The minimum absolute atomic E-state index is 0.405. The van der Waals surface area contributed by atoms with E-state index in [1.165, 1.54) is 0 Å². The Balaban J connectivity index is 2.73. The second-order valence-electron chi connectivity index (χ2n) is 2.72. The van der Waals surface area contributed by atoms with Gasteiger partial charge in [0.1, 0.15) is 10.8 Å². The Morgan fingerprint density at radius 1 is 1.69 bits per heavy atom. The summed E-state index contributed by atoms with van der Waals surface area (Å²) in [4.78, 5) is 4.54. The maximum atomic E-state index is 5.49. The lowest BCUT2D eigenvalue weighted by atomic mass is 10.2. The highest BCUT2D eigenvalue weighted by Crippen LogP contribution is 2.06. The van der Waals surface area contributed by atoms with Crippen LogP contribution in [0.25, 0.3) is 0 Å². The van der Waals surface area contributed by atoms with Crippen molar-refractivity contribution in [2.45, 2.75) is 13.3 Å². The van der Waals surface area contributed by atoms with E-state index in [0.717, 1.165) is 24.3 Å². The number of pyridine rings is 1. The molecule has 0 aromatic carbocycles. The second kappa shape index (κ2) is 4.77. The minimum Gasteiger partial charge on any atom is -0.389 e. The fraction of sp³-hybridized carbons (Fsp3) is 0.333. The lowest BCUT2D eigenvalue weighted by molar-refractivity contribution is 0.969. The highest BCUT2D eigenvalue weighted by Gasteiger charge is 1.97. The van der Waals surface area contributed by atoms with Gasteiger partial charge in [0.2, 0.25) is 0 Å². The van der Waals surface area contributed by atoms with Crippen LogP contribution in [0.4, 0.5) is 5.82 Å². The number of aromatic nitrogens is 1. The van der Waals surface area contributed by atoms with Gasteiger partial charge in [-0.1, -0.05) is 19.1 Å². The molecular formula is C9H13N3S. The van der Waals surface area contributed by atoms with Crippen LogP contribution in [-0.2, 0) is 0 Å². The number of anilines is 1. The molecule has 70 valence electrons. The van der Waals surface area contributed by atoms with E-state index in [2.05, 4.69) is 17.2 Å². The van der Waals surface area contributed by atoms with E-state index in [9.17, 15) is 0 Å². The lowest BCUT2D eigenvalue weighted by Crippen LogP contribution is -2.10. The summed E-state index contributed by atoms with van der Waals surface area (Å²) < 4.78 is 0. The van der Waals surface area contributed by atoms with Gasteiger partial charge in [-0.3, -0.25) is 0 Å². The number of hydrogen-bond acceptors (Lipinski definition) is 3. The van der Waals surface area contributed by atoms with E-state index in [1.807, 2.05) is 6.07 Å². The van der Waals surface area contributed by atoms with Gasteiger partial charge >= 0.3 is 0 Å². The smallest absolute Gasteiger partial charge is 0.126 e. The van der Waals surface area contributed by atoms with Crippen LogP contribution in [0.5, 0.6) is 0 Å². The van der Waals surface area contributed by atoms with Crippen LogP contribution >= 0.6 is 12.2 Å².